The molecule has 0 spiro atoms. The number of hydrogen-bond acceptors (Lipinski definition) is 5. The SMILES string of the molecule is CCNc1cc(Cl)cc(C(=O)NCc2c(-c3ccns3)[nH]c(C)cc2=O)c1C. The summed E-state index contributed by atoms with van der Waals surface area (Å²) in [6.45, 7) is 6.49. The molecule has 0 aliphatic heterocycles. The number of aromatic nitrogens is 2. The van der Waals surface area contributed by atoms with Gasteiger partial charge in [0.25, 0.3) is 5.91 Å². The van der Waals surface area contributed by atoms with Crippen LogP contribution in [0.1, 0.15) is 34.1 Å². The highest BCUT2D eigenvalue weighted by Gasteiger charge is 2.16. The summed E-state index contributed by atoms with van der Waals surface area (Å²) in [6.07, 6.45) is 1.68. The maximum atomic E-state index is 12.8. The normalized spacial score (nSPS) is 10.7. The predicted molar refractivity (Wildman–Crippen MR) is 114 cm³/mol. The molecule has 0 unspecified atom stereocenters. The third kappa shape index (κ3) is 4.26. The lowest BCUT2D eigenvalue weighted by Gasteiger charge is -2.14. The zero-order valence-electron chi connectivity index (χ0n) is 15.9. The summed E-state index contributed by atoms with van der Waals surface area (Å²) < 4.78 is 4.10. The van der Waals surface area contributed by atoms with E-state index in [2.05, 4.69) is 20.0 Å². The van der Waals surface area contributed by atoms with Gasteiger partial charge in [-0.1, -0.05) is 11.6 Å². The van der Waals surface area contributed by atoms with Crippen molar-refractivity contribution in [3.05, 3.63) is 68.1 Å². The van der Waals surface area contributed by atoms with Crippen LogP contribution in [0.5, 0.6) is 0 Å². The number of nitrogens with zero attached hydrogens (tertiary/aromatic N) is 1. The van der Waals surface area contributed by atoms with E-state index in [-0.39, 0.29) is 17.9 Å². The average molecular weight is 417 g/mol. The molecule has 0 saturated carbocycles. The fourth-order valence-electron chi connectivity index (χ4n) is 3.00. The summed E-state index contributed by atoms with van der Waals surface area (Å²) >= 11 is 7.47. The number of halogens is 1. The molecule has 146 valence electrons. The molecule has 0 atom stereocenters. The monoisotopic (exact) mass is 416 g/mol. The molecule has 8 heteroatoms. The lowest BCUT2D eigenvalue weighted by molar-refractivity contribution is 0.0950. The van der Waals surface area contributed by atoms with Crippen LogP contribution >= 0.6 is 23.1 Å². The first-order chi connectivity index (χ1) is 13.4. The van der Waals surface area contributed by atoms with E-state index >= 15 is 0 Å². The van der Waals surface area contributed by atoms with Crippen LogP contribution < -0.4 is 16.1 Å². The molecule has 2 aromatic heterocycles. The van der Waals surface area contributed by atoms with Crippen molar-refractivity contribution >= 4 is 34.7 Å². The van der Waals surface area contributed by atoms with Gasteiger partial charge in [0.05, 0.1) is 10.6 Å². The van der Waals surface area contributed by atoms with Gasteiger partial charge in [-0.05, 0) is 56.1 Å². The van der Waals surface area contributed by atoms with Crippen LogP contribution in [0.25, 0.3) is 10.6 Å². The summed E-state index contributed by atoms with van der Waals surface area (Å²) in [5, 5.41) is 6.53. The van der Waals surface area contributed by atoms with Crippen LogP contribution in [-0.2, 0) is 6.54 Å². The zero-order chi connectivity index (χ0) is 20.3. The number of nitrogens with one attached hydrogen (secondary N) is 3. The standard InChI is InChI=1S/C20H21ClN4O2S/c1-4-22-16-9-13(21)8-14(12(16)3)20(27)23-10-15-17(26)7-11(2)25-19(15)18-5-6-24-28-18/h5-9,22H,4,10H2,1-3H3,(H,23,27)(H,25,26). The molecule has 0 radical (unpaired) electrons. The predicted octanol–water partition coefficient (Wildman–Crippen LogP) is 4.13. The minimum atomic E-state index is -0.283. The van der Waals surface area contributed by atoms with Crippen molar-refractivity contribution in [1.82, 2.24) is 14.7 Å². The van der Waals surface area contributed by atoms with Gasteiger partial charge in [-0.25, -0.2) is 4.37 Å². The topological polar surface area (TPSA) is 86.9 Å². The molecule has 0 aliphatic rings. The molecule has 1 amide bonds. The first-order valence-electron chi connectivity index (χ1n) is 8.86. The molecule has 0 aliphatic carbocycles. The van der Waals surface area contributed by atoms with Crippen LogP contribution in [-0.4, -0.2) is 21.8 Å². The van der Waals surface area contributed by atoms with E-state index in [1.54, 1.807) is 18.3 Å². The van der Waals surface area contributed by atoms with Crippen molar-refractivity contribution in [1.29, 1.82) is 0 Å². The molecule has 3 N–H and O–H groups in total. The number of aryl methyl sites for hydroxylation is 1. The quantitative estimate of drug-likeness (QED) is 0.563. The van der Waals surface area contributed by atoms with Crippen molar-refractivity contribution in [3.63, 3.8) is 0 Å². The van der Waals surface area contributed by atoms with E-state index in [1.807, 2.05) is 26.8 Å². The van der Waals surface area contributed by atoms with Gasteiger partial charge < -0.3 is 15.6 Å². The Kier molecular flexibility index (Phi) is 6.16. The molecule has 0 saturated heterocycles. The average Bonchev–Trinajstić information content (AvgIpc) is 3.17. The van der Waals surface area contributed by atoms with Gasteiger partial charge in [0, 0.05) is 52.9 Å². The Morgan fingerprint density at radius 1 is 1.29 bits per heavy atom. The highest BCUT2D eigenvalue weighted by molar-refractivity contribution is 7.09. The molecular formula is C20H21ClN4O2S. The summed E-state index contributed by atoms with van der Waals surface area (Å²) in [5.74, 6) is -0.283. The smallest absolute Gasteiger partial charge is 0.251 e. The molecule has 1 aromatic carbocycles. The number of rotatable bonds is 6. The Labute approximate surface area is 172 Å². The van der Waals surface area contributed by atoms with Gasteiger partial charge in [-0.15, -0.1) is 0 Å². The fourth-order valence-corrected chi connectivity index (χ4v) is 3.84. The summed E-state index contributed by atoms with van der Waals surface area (Å²) in [7, 11) is 0. The summed E-state index contributed by atoms with van der Waals surface area (Å²) in [4.78, 5) is 29.4. The summed E-state index contributed by atoms with van der Waals surface area (Å²) in [6, 6.07) is 6.80. The third-order valence-corrected chi connectivity index (χ3v) is 5.35. The molecular weight excluding hydrogens is 396 g/mol. The highest BCUT2D eigenvalue weighted by atomic mass is 35.5. The van der Waals surface area contributed by atoms with E-state index in [0.29, 0.717) is 21.8 Å². The van der Waals surface area contributed by atoms with Gasteiger partial charge >= 0.3 is 0 Å². The van der Waals surface area contributed by atoms with Crippen molar-refractivity contribution in [2.24, 2.45) is 0 Å². The van der Waals surface area contributed by atoms with Gasteiger partial charge in [0.15, 0.2) is 5.43 Å². The number of carbonyl (C=O) groups excluding carboxylic acids is 1. The van der Waals surface area contributed by atoms with Crippen molar-refractivity contribution in [3.8, 4) is 10.6 Å². The van der Waals surface area contributed by atoms with Crippen LogP contribution in [0.3, 0.4) is 0 Å². The number of aromatic amines is 1. The molecule has 0 fully saturated rings. The van der Waals surface area contributed by atoms with Crippen molar-refractivity contribution in [2.45, 2.75) is 27.3 Å². The van der Waals surface area contributed by atoms with E-state index < -0.39 is 0 Å². The summed E-state index contributed by atoms with van der Waals surface area (Å²) in [5.41, 5.74) is 3.91. The molecule has 0 bridgehead atoms. The molecule has 3 aromatic rings. The number of benzene rings is 1. The number of carbonyl (C=O) groups is 1. The van der Waals surface area contributed by atoms with E-state index in [1.165, 1.54) is 17.6 Å². The third-order valence-electron chi connectivity index (χ3n) is 4.36. The van der Waals surface area contributed by atoms with E-state index in [9.17, 15) is 9.59 Å². The van der Waals surface area contributed by atoms with E-state index in [0.717, 1.165) is 28.4 Å². The second-order valence-electron chi connectivity index (χ2n) is 6.39. The van der Waals surface area contributed by atoms with Gasteiger partial charge in [0.1, 0.15) is 0 Å². The van der Waals surface area contributed by atoms with Gasteiger partial charge in [-0.2, -0.15) is 0 Å². The lowest BCUT2D eigenvalue weighted by Crippen LogP contribution is -2.27. The zero-order valence-corrected chi connectivity index (χ0v) is 17.4. The first kappa shape index (κ1) is 20.1. The number of hydrogen-bond donors (Lipinski definition) is 3. The Morgan fingerprint density at radius 2 is 2.07 bits per heavy atom. The number of amides is 1. The highest BCUT2D eigenvalue weighted by Crippen LogP contribution is 2.26. The second kappa shape index (κ2) is 8.58. The fraction of sp³-hybridized carbons (Fsp3) is 0.250. The largest absolute Gasteiger partial charge is 0.385 e. The maximum Gasteiger partial charge on any atom is 0.251 e. The van der Waals surface area contributed by atoms with Crippen molar-refractivity contribution in [2.75, 3.05) is 11.9 Å². The van der Waals surface area contributed by atoms with Gasteiger partial charge in [-0.3, -0.25) is 9.59 Å². The minimum Gasteiger partial charge on any atom is -0.385 e. The molecule has 6 nitrogen and oxygen atoms in total. The Bertz CT molecular complexity index is 1060. The van der Waals surface area contributed by atoms with Crippen LogP contribution in [0.4, 0.5) is 5.69 Å². The Hall–Kier alpha value is -2.64. The molecule has 3 rings (SSSR count). The number of H-pyrrole nitrogens is 1. The second-order valence-corrected chi connectivity index (χ2v) is 7.66. The van der Waals surface area contributed by atoms with Crippen LogP contribution in [0.2, 0.25) is 5.02 Å². The van der Waals surface area contributed by atoms with Crippen LogP contribution in [0, 0.1) is 13.8 Å². The minimum absolute atomic E-state index is 0.101. The van der Waals surface area contributed by atoms with E-state index in [4.69, 9.17) is 11.6 Å². The lowest BCUT2D eigenvalue weighted by atomic mass is 10.1. The Morgan fingerprint density at radius 3 is 2.75 bits per heavy atom. The number of anilines is 1. The van der Waals surface area contributed by atoms with Gasteiger partial charge in [0.2, 0.25) is 0 Å². The molecule has 2 heterocycles. The van der Waals surface area contributed by atoms with Crippen LogP contribution in [0.15, 0.2) is 35.3 Å². The maximum absolute atomic E-state index is 12.8. The van der Waals surface area contributed by atoms with Crippen molar-refractivity contribution < 1.29 is 4.79 Å². The Balaban J connectivity index is 1.90. The molecule has 28 heavy (non-hydrogen) atoms. The number of pyridine rings is 1. The first-order valence-corrected chi connectivity index (χ1v) is 10.0.